The molecule has 2 unspecified atom stereocenters. The number of carbonyl (C=O) groups excluding carboxylic acids is 1. The summed E-state index contributed by atoms with van der Waals surface area (Å²) in [7, 11) is -3.57. The van der Waals surface area contributed by atoms with Crippen LogP contribution < -0.4 is 5.32 Å². The van der Waals surface area contributed by atoms with E-state index in [1.54, 1.807) is 12.1 Å². The summed E-state index contributed by atoms with van der Waals surface area (Å²) in [4.78, 5) is 21.9. The summed E-state index contributed by atoms with van der Waals surface area (Å²) >= 11 is 0. The van der Waals surface area contributed by atoms with E-state index in [2.05, 4.69) is 5.32 Å². The van der Waals surface area contributed by atoms with E-state index in [9.17, 15) is 14.3 Å². The molecule has 5 nitrogen and oxygen atoms in total. The SMILES string of the molecule is Cc1ccc(C(NC(=O)OCc2ccccc2)P(C)(=O)O)cc1. The molecule has 2 rings (SSSR count). The Morgan fingerprint density at radius 2 is 1.78 bits per heavy atom. The Kier molecular flexibility index (Phi) is 5.59. The molecule has 2 N–H and O–H groups in total. The summed E-state index contributed by atoms with van der Waals surface area (Å²) in [6.07, 6.45) is -0.726. The first-order valence-corrected chi connectivity index (χ1v) is 9.37. The molecule has 0 spiro atoms. The van der Waals surface area contributed by atoms with Crippen molar-refractivity contribution in [3.63, 3.8) is 0 Å². The van der Waals surface area contributed by atoms with E-state index >= 15 is 0 Å². The standard InChI is InChI=1S/C17H20NO4P/c1-13-8-10-15(11-9-13)16(23(2,20)21)18-17(19)22-12-14-6-4-3-5-7-14/h3-11,16H,12H2,1-2H3,(H,18,19)(H,20,21). The van der Waals surface area contributed by atoms with Gasteiger partial charge in [0.2, 0.25) is 7.37 Å². The first-order chi connectivity index (χ1) is 10.9. The molecule has 0 radical (unpaired) electrons. The second kappa shape index (κ2) is 7.44. The van der Waals surface area contributed by atoms with Crippen molar-refractivity contribution < 1.29 is 19.0 Å². The number of rotatable bonds is 5. The van der Waals surface area contributed by atoms with E-state index in [-0.39, 0.29) is 6.61 Å². The second-order valence-electron chi connectivity index (χ2n) is 5.46. The Morgan fingerprint density at radius 3 is 2.35 bits per heavy atom. The summed E-state index contributed by atoms with van der Waals surface area (Å²) in [5.74, 6) is -0.994. The van der Waals surface area contributed by atoms with E-state index in [1.807, 2.05) is 49.4 Å². The van der Waals surface area contributed by atoms with Crippen LogP contribution in [0.3, 0.4) is 0 Å². The van der Waals surface area contributed by atoms with E-state index < -0.39 is 19.2 Å². The predicted octanol–water partition coefficient (Wildman–Crippen LogP) is 3.82. The highest BCUT2D eigenvalue weighted by Gasteiger charge is 2.29. The number of amides is 1. The van der Waals surface area contributed by atoms with Crippen LogP contribution >= 0.6 is 7.37 Å². The normalized spacial score (nSPS) is 14.6. The van der Waals surface area contributed by atoms with Crippen molar-refractivity contribution in [2.45, 2.75) is 19.3 Å². The average Bonchev–Trinajstić information content (AvgIpc) is 2.52. The molecule has 0 fully saturated rings. The second-order valence-corrected chi connectivity index (χ2v) is 7.87. The lowest BCUT2D eigenvalue weighted by Crippen LogP contribution is -2.29. The topological polar surface area (TPSA) is 75.6 Å². The van der Waals surface area contributed by atoms with Crippen LogP contribution in [0.2, 0.25) is 0 Å². The van der Waals surface area contributed by atoms with Crippen LogP contribution in [-0.4, -0.2) is 17.7 Å². The molecule has 0 saturated carbocycles. The third-order valence-electron chi connectivity index (χ3n) is 3.34. The van der Waals surface area contributed by atoms with Crippen molar-refractivity contribution >= 4 is 13.5 Å². The van der Waals surface area contributed by atoms with Crippen molar-refractivity contribution in [1.29, 1.82) is 0 Å². The van der Waals surface area contributed by atoms with E-state index in [4.69, 9.17) is 4.74 Å². The Morgan fingerprint density at radius 1 is 1.17 bits per heavy atom. The zero-order chi connectivity index (χ0) is 16.9. The van der Waals surface area contributed by atoms with Gasteiger partial charge in [0.1, 0.15) is 12.4 Å². The van der Waals surface area contributed by atoms with E-state index in [1.165, 1.54) is 6.66 Å². The number of ether oxygens (including phenoxy) is 1. The molecule has 2 aromatic rings. The third-order valence-corrected chi connectivity index (χ3v) is 4.72. The molecular weight excluding hydrogens is 313 g/mol. The molecule has 2 aromatic carbocycles. The van der Waals surface area contributed by atoms with Gasteiger partial charge in [0.05, 0.1) is 0 Å². The summed E-state index contributed by atoms with van der Waals surface area (Å²) in [6.45, 7) is 3.24. The van der Waals surface area contributed by atoms with Gasteiger partial charge in [0.15, 0.2) is 0 Å². The number of aryl methyl sites for hydroxylation is 1. The predicted molar refractivity (Wildman–Crippen MR) is 89.4 cm³/mol. The van der Waals surface area contributed by atoms with Gasteiger partial charge in [-0.25, -0.2) is 4.79 Å². The Hall–Kier alpha value is -2.10. The van der Waals surface area contributed by atoms with Gasteiger partial charge in [-0.15, -0.1) is 0 Å². The fourth-order valence-corrected chi connectivity index (χ4v) is 3.18. The highest BCUT2D eigenvalue weighted by Crippen LogP contribution is 2.50. The van der Waals surface area contributed by atoms with Crippen molar-refractivity contribution in [3.05, 3.63) is 71.3 Å². The van der Waals surface area contributed by atoms with Crippen LogP contribution in [0.5, 0.6) is 0 Å². The first-order valence-electron chi connectivity index (χ1n) is 7.20. The minimum atomic E-state index is -3.57. The summed E-state index contributed by atoms with van der Waals surface area (Å²) in [5.41, 5.74) is 2.45. The van der Waals surface area contributed by atoms with Crippen molar-refractivity contribution in [2.75, 3.05) is 6.66 Å². The number of hydrogen-bond donors (Lipinski definition) is 2. The fourth-order valence-electron chi connectivity index (χ4n) is 2.10. The molecule has 2 atom stereocenters. The van der Waals surface area contributed by atoms with Crippen LogP contribution in [0.1, 0.15) is 22.5 Å². The molecule has 0 aliphatic carbocycles. The zero-order valence-corrected chi connectivity index (χ0v) is 14.0. The maximum Gasteiger partial charge on any atom is 0.408 e. The van der Waals surface area contributed by atoms with Gasteiger partial charge in [0.25, 0.3) is 0 Å². The van der Waals surface area contributed by atoms with Crippen molar-refractivity contribution in [2.24, 2.45) is 0 Å². The fraction of sp³-hybridized carbons (Fsp3) is 0.235. The van der Waals surface area contributed by atoms with Crippen LogP contribution in [0.4, 0.5) is 4.79 Å². The Labute approximate surface area is 135 Å². The highest BCUT2D eigenvalue weighted by atomic mass is 31.2. The number of nitrogens with one attached hydrogen (secondary N) is 1. The maximum absolute atomic E-state index is 12.1. The van der Waals surface area contributed by atoms with E-state index in [0.717, 1.165) is 11.1 Å². The number of carbonyl (C=O) groups is 1. The van der Waals surface area contributed by atoms with Gasteiger partial charge in [-0.3, -0.25) is 4.57 Å². The zero-order valence-electron chi connectivity index (χ0n) is 13.1. The summed E-state index contributed by atoms with van der Waals surface area (Å²) in [6, 6.07) is 16.3. The Balaban J connectivity index is 2.04. The highest BCUT2D eigenvalue weighted by molar-refractivity contribution is 7.57. The van der Waals surface area contributed by atoms with Gasteiger partial charge >= 0.3 is 6.09 Å². The van der Waals surface area contributed by atoms with Gasteiger partial charge < -0.3 is 14.9 Å². The van der Waals surface area contributed by atoms with Gasteiger partial charge in [-0.1, -0.05) is 60.2 Å². The van der Waals surface area contributed by atoms with E-state index in [0.29, 0.717) is 5.56 Å². The lowest BCUT2D eigenvalue weighted by atomic mass is 10.1. The monoisotopic (exact) mass is 333 g/mol. The van der Waals surface area contributed by atoms with Crippen molar-refractivity contribution in [1.82, 2.24) is 5.32 Å². The molecule has 0 aliphatic rings. The molecule has 0 saturated heterocycles. The van der Waals surface area contributed by atoms with Gasteiger partial charge in [0, 0.05) is 6.66 Å². The van der Waals surface area contributed by atoms with Crippen LogP contribution in [-0.2, 0) is 15.9 Å². The molecule has 23 heavy (non-hydrogen) atoms. The minimum Gasteiger partial charge on any atom is -0.445 e. The van der Waals surface area contributed by atoms with Crippen LogP contribution in [0, 0.1) is 6.92 Å². The van der Waals surface area contributed by atoms with Crippen LogP contribution in [0.15, 0.2) is 54.6 Å². The number of hydrogen-bond acceptors (Lipinski definition) is 3. The molecule has 6 heteroatoms. The quantitative estimate of drug-likeness (QED) is 0.816. The smallest absolute Gasteiger partial charge is 0.408 e. The summed E-state index contributed by atoms with van der Waals surface area (Å²) in [5, 5.41) is 2.49. The maximum atomic E-state index is 12.1. The molecule has 122 valence electrons. The van der Waals surface area contributed by atoms with Crippen molar-refractivity contribution in [3.8, 4) is 0 Å². The molecule has 0 heterocycles. The lowest BCUT2D eigenvalue weighted by molar-refractivity contribution is 0.138. The molecule has 0 aliphatic heterocycles. The number of alkyl carbamates (subject to hydrolysis) is 1. The molecular formula is C17H20NO4P. The van der Waals surface area contributed by atoms with Crippen LogP contribution in [0.25, 0.3) is 0 Å². The van der Waals surface area contributed by atoms with Gasteiger partial charge in [-0.05, 0) is 18.1 Å². The first kappa shape index (κ1) is 17.3. The van der Waals surface area contributed by atoms with Gasteiger partial charge in [-0.2, -0.15) is 0 Å². The largest absolute Gasteiger partial charge is 0.445 e. The minimum absolute atomic E-state index is 0.104. The lowest BCUT2D eigenvalue weighted by Gasteiger charge is -2.21. The third kappa shape index (κ3) is 5.23. The molecule has 1 amide bonds. The molecule has 0 aromatic heterocycles. The summed E-state index contributed by atoms with van der Waals surface area (Å²) < 4.78 is 17.2. The Bertz CT molecular complexity index is 694. The average molecular weight is 333 g/mol. The number of benzene rings is 2. The molecule has 0 bridgehead atoms.